The first-order chi connectivity index (χ1) is 14.0. The minimum atomic E-state index is -3.55. The summed E-state index contributed by atoms with van der Waals surface area (Å²) in [5, 5.41) is 5.67. The second-order valence-corrected chi connectivity index (χ2v) is 9.11. The summed E-state index contributed by atoms with van der Waals surface area (Å²) in [6, 6.07) is 10.2. The summed E-state index contributed by atoms with van der Waals surface area (Å²) < 4.78 is 30.6. The first-order valence-electron chi connectivity index (χ1n) is 9.04. The molecular formula is C20H24ClN3O5S. The highest BCUT2D eigenvalue weighted by molar-refractivity contribution is 7.92. The second-order valence-electron chi connectivity index (χ2n) is 6.95. The smallest absolute Gasteiger partial charge is 0.253 e. The molecule has 0 bridgehead atoms. The lowest BCUT2D eigenvalue weighted by Gasteiger charge is -2.22. The van der Waals surface area contributed by atoms with E-state index in [1.807, 2.05) is 0 Å². The van der Waals surface area contributed by atoms with Crippen LogP contribution in [-0.2, 0) is 14.8 Å². The molecule has 0 heterocycles. The molecule has 0 fully saturated rings. The number of hydrogen-bond donors (Lipinski definition) is 3. The van der Waals surface area contributed by atoms with Crippen molar-refractivity contribution in [2.75, 3.05) is 23.4 Å². The molecule has 0 saturated heterocycles. The standard InChI is InChI=1S/C20H24ClN3O5S/c1-12(2)18(23-19(25)14-7-5-6-8-15(14)21)20(26)22-13-9-10-17(29-3)16(11-13)24-30(4,27)28/h5-12,18,24H,1-4H3,(H,22,26)(H,23,25). The van der Waals surface area contributed by atoms with Crippen LogP contribution >= 0.6 is 11.6 Å². The van der Waals surface area contributed by atoms with Crippen LogP contribution in [-0.4, -0.2) is 39.6 Å². The molecule has 0 aliphatic rings. The Labute approximate surface area is 181 Å². The molecule has 2 amide bonds. The molecule has 0 aliphatic carbocycles. The van der Waals surface area contributed by atoms with E-state index < -0.39 is 27.9 Å². The Morgan fingerprint density at radius 2 is 1.77 bits per heavy atom. The average Bonchev–Trinajstić information content (AvgIpc) is 2.65. The molecule has 2 aromatic rings. The zero-order chi connectivity index (χ0) is 22.5. The Balaban J connectivity index is 2.22. The number of hydrogen-bond acceptors (Lipinski definition) is 5. The fraction of sp³-hybridized carbons (Fsp3) is 0.300. The highest BCUT2D eigenvalue weighted by Gasteiger charge is 2.26. The third-order valence-electron chi connectivity index (χ3n) is 4.12. The van der Waals surface area contributed by atoms with Crippen molar-refractivity contribution in [2.45, 2.75) is 19.9 Å². The van der Waals surface area contributed by atoms with Gasteiger partial charge in [0, 0.05) is 5.69 Å². The summed E-state index contributed by atoms with van der Waals surface area (Å²) in [4.78, 5) is 25.4. The zero-order valence-corrected chi connectivity index (χ0v) is 18.6. The largest absolute Gasteiger partial charge is 0.495 e. The lowest BCUT2D eigenvalue weighted by Crippen LogP contribution is -2.47. The molecule has 0 aliphatic heterocycles. The number of amides is 2. The van der Waals surface area contributed by atoms with Crippen molar-refractivity contribution in [2.24, 2.45) is 5.92 Å². The predicted octanol–water partition coefficient (Wildman–Crippen LogP) is 3.11. The number of rotatable bonds is 8. The molecule has 2 aromatic carbocycles. The molecule has 8 nitrogen and oxygen atoms in total. The summed E-state index contributed by atoms with van der Waals surface area (Å²) in [5.74, 6) is -0.848. The molecule has 1 atom stereocenters. The van der Waals surface area contributed by atoms with Gasteiger partial charge in [-0.25, -0.2) is 8.42 Å². The van der Waals surface area contributed by atoms with E-state index in [0.717, 1.165) is 6.26 Å². The summed E-state index contributed by atoms with van der Waals surface area (Å²) in [6.45, 7) is 3.59. The van der Waals surface area contributed by atoms with Crippen LogP contribution in [0, 0.1) is 5.92 Å². The topological polar surface area (TPSA) is 114 Å². The Kier molecular flexibility index (Phi) is 7.69. The van der Waals surface area contributed by atoms with Crippen LogP contribution in [0.1, 0.15) is 24.2 Å². The highest BCUT2D eigenvalue weighted by Crippen LogP contribution is 2.28. The van der Waals surface area contributed by atoms with Gasteiger partial charge in [-0.1, -0.05) is 37.6 Å². The van der Waals surface area contributed by atoms with E-state index in [4.69, 9.17) is 16.3 Å². The molecular weight excluding hydrogens is 430 g/mol. The molecule has 162 valence electrons. The van der Waals surface area contributed by atoms with Crippen LogP contribution in [0.5, 0.6) is 5.75 Å². The predicted molar refractivity (Wildman–Crippen MR) is 118 cm³/mol. The molecule has 10 heteroatoms. The summed E-state index contributed by atoms with van der Waals surface area (Å²) in [5.41, 5.74) is 0.783. The van der Waals surface area contributed by atoms with E-state index in [9.17, 15) is 18.0 Å². The van der Waals surface area contributed by atoms with Gasteiger partial charge in [-0.05, 0) is 36.2 Å². The van der Waals surface area contributed by atoms with Gasteiger partial charge < -0.3 is 15.4 Å². The minimum absolute atomic E-state index is 0.180. The van der Waals surface area contributed by atoms with E-state index in [2.05, 4.69) is 15.4 Å². The fourth-order valence-electron chi connectivity index (χ4n) is 2.68. The number of anilines is 2. The number of nitrogens with one attached hydrogen (secondary N) is 3. The van der Waals surface area contributed by atoms with E-state index >= 15 is 0 Å². The van der Waals surface area contributed by atoms with Gasteiger partial charge in [0.25, 0.3) is 5.91 Å². The van der Waals surface area contributed by atoms with Crippen molar-refractivity contribution in [3.8, 4) is 5.75 Å². The number of carbonyl (C=O) groups excluding carboxylic acids is 2. The maximum atomic E-state index is 12.8. The third-order valence-corrected chi connectivity index (χ3v) is 5.04. The van der Waals surface area contributed by atoms with E-state index in [1.54, 1.807) is 44.2 Å². The molecule has 1 unspecified atom stereocenters. The zero-order valence-electron chi connectivity index (χ0n) is 17.0. The van der Waals surface area contributed by atoms with Crippen LogP contribution in [0.15, 0.2) is 42.5 Å². The Morgan fingerprint density at radius 1 is 1.10 bits per heavy atom. The Bertz CT molecular complexity index is 1040. The van der Waals surface area contributed by atoms with Crippen molar-refractivity contribution in [3.63, 3.8) is 0 Å². The first-order valence-corrected chi connectivity index (χ1v) is 11.3. The van der Waals surface area contributed by atoms with Crippen LogP contribution in [0.3, 0.4) is 0 Å². The monoisotopic (exact) mass is 453 g/mol. The summed E-state index contributed by atoms with van der Waals surface area (Å²) >= 11 is 6.06. The lowest BCUT2D eigenvalue weighted by molar-refractivity contribution is -0.118. The van der Waals surface area contributed by atoms with Gasteiger partial charge in [0.05, 0.1) is 29.6 Å². The van der Waals surface area contributed by atoms with Gasteiger partial charge in [0.2, 0.25) is 15.9 Å². The number of halogens is 1. The quantitative estimate of drug-likeness (QED) is 0.568. The minimum Gasteiger partial charge on any atom is -0.495 e. The Hall–Kier alpha value is -2.78. The van der Waals surface area contributed by atoms with Crippen molar-refractivity contribution in [1.29, 1.82) is 0 Å². The van der Waals surface area contributed by atoms with Gasteiger partial charge in [0.15, 0.2) is 0 Å². The average molecular weight is 454 g/mol. The maximum absolute atomic E-state index is 12.8. The van der Waals surface area contributed by atoms with E-state index in [1.165, 1.54) is 19.2 Å². The van der Waals surface area contributed by atoms with Crippen LogP contribution in [0.4, 0.5) is 11.4 Å². The number of benzene rings is 2. The molecule has 0 radical (unpaired) electrons. The van der Waals surface area contributed by atoms with Crippen LogP contribution in [0.25, 0.3) is 0 Å². The Morgan fingerprint density at radius 3 is 2.33 bits per heavy atom. The molecule has 2 rings (SSSR count). The molecule has 3 N–H and O–H groups in total. The first kappa shape index (κ1) is 23.5. The van der Waals surface area contributed by atoms with Gasteiger partial charge >= 0.3 is 0 Å². The molecule has 0 saturated carbocycles. The number of ether oxygens (including phenoxy) is 1. The summed E-state index contributed by atoms with van der Waals surface area (Å²) in [7, 11) is -2.14. The van der Waals surface area contributed by atoms with Gasteiger partial charge in [-0.2, -0.15) is 0 Å². The van der Waals surface area contributed by atoms with Crippen molar-refractivity contribution in [1.82, 2.24) is 5.32 Å². The number of methoxy groups -OCH3 is 1. The van der Waals surface area contributed by atoms with Crippen molar-refractivity contribution < 1.29 is 22.7 Å². The molecule has 30 heavy (non-hydrogen) atoms. The van der Waals surface area contributed by atoms with Gasteiger partial charge in [-0.15, -0.1) is 0 Å². The molecule has 0 spiro atoms. The number of carbonyl (C=O) groups is 2. The summed E-state index contributed by atoms with van der Waals surface area (Å²) in [6.07, 6.45) is 1.01. The SMILES string of the molecule is COc1ccc(NC(=O)C(NC(=O)c2ccccc2Cl)C(C)C)cc1NS(C)(=O)=O. The third kappa shape index (κ3) is 6.36. The number of sulfonamides is 1. The van der Waals surface area contributed by atoms with Crippen LogP contribution < -0.4 is 20.1 Å². The van der Waals surface area contributed by atoms with Gasteiger partial charge in [0.1, 0.15) is 11.8 Å². The van der Waals surface area contributed by atoms with Crippen molar-refractivity contribution >= 4 is 44.8 Å². The normalized spacial score (nSPS) is 12.2. The second kappa shape index (κ2) is 9.82. The van der Waals surface area contributed by atoms with E-state index in [-0.39, 0.29) is 22.2 Å². The van der Waals surface area contributed by atoms with Crippen molar-refractivity contribution in [3.05, 3.63) is 53.1 Å². The van der Waals surface area contributed by atoms with Crippen LogP contribution in [0.2, 0.25) is 5.02 Å². The molecule has 0 aromatic heterocycles. The maximum Gasteiger partial charge on any atom is 0.253 e. The highest BCUT2D eigenvalue weighted by atomic mass is 35.5. The fourth-order valence-corrected chi connectivity index (χ4v) is 3.47. The lowest BCUT2D eigenvalue weighted by atomic mass is 10.0. The van der Waals surface area contributed by atoms with E-state index in [0.29, 0.717) is 11.4 Å². The van der Waals surface area contributed by atoms with Gasteiger partial charge in [-0.3, -0.25) is 14.3 Å².